The summed E-state index contributed by atoms with van der Waals surface area (Å²) in [7, 11) is 0. The Balaban J connectivity index is 2.02. The molecule has 1 unspecified atom stereocenters. The molecule has 1 heterocycles. The maximum Gasteiger partial charge on any atom is 0.270 e. The summed E-state index contributed by atoms with van der Waals surface area (Å²) < 4.78 is 5.68. The molecule has 27 heavy (non-hydrogen) atoms. The van der Waals surface area contributed by atoms with Crippen molar-refractivity contribution in [2.45, 2.75) is 13.2 Å². The first-order valence-electron chi connectivity index (χ1n) is 7.51. The number of rotatable bonds is 4. The van der Waals surface area contributed by atoms with Gasteiger partial charge in [0.2, 0.25) is 18.0 Å². The number of nitro groups is 2. The first-order valence-corrected chi connectivity index (χ1v) is 7.89. The van der Waals surface area contributed by atoms with E-state index < -0.39 is 22.0 Å². The van der Waals surface area contributed by atoms with Crippen molar-refractivity contribution >= 4 is 34.8 Å². The van der Waals surface area contributed by atoms with Crippen LogP contribution in [0, 0.1) is 20.2 Å². The summed E-state index contributed by atoms with van der Waals surface area (Å²) >= 11 is 6.13. The van der Waals surface area contributed by atoms with Gasteiger partial charge in [0.15, 0.2) is 0 Å². The highest BCUT2D eigenvalue weighted by molar-refractivity contribution is 6.31. The number of nitro benzene ring substituents is 2. The first kappa shape index (κ1) is 18.3. The number of hydrogen-bond donors (Lipinski definition) is 0. The van der Waals surface area contributed by atoms with E-state index in [-0.39, 0.29) is 33.4 Å². The Kier molecular flexibility index (Phi) is 4.74. The molecule has 0 fully saturated rings. The quantitative estimate of drug-likeness (QED) is 0.581. The average Bonchev–Trinajstić information content (AvgIpc) is 3.07. The van der Waals surface area contributed by atoms with E-state index in [1.54, 1.807) is 0 Å². The number of hydrazone groups is 1. The third-order valence-corrected chi connectivity index (χ3v) is 4.07. The second kappa shape index (κ2) is 7.00. The number of benzene rings is 2. The fourth-order valence-electron chi connectivity index (χ4n) is 2.47. The summed E-state index contributed by atoms with van der Waals surface area (Å²) in [5.41, 5.74) is 0.0417. The number of carbonyl (C=O) groups excluding carboxylic acids is 1. The monoisotopic (exact) mass is 390 g/mol. The molecule has 1 atom stereocenters. The Morgan fingerprint density at radius 3 is 2.44 bits per heavy atom. The molecule has 138 valence electrons. The number of hydrogen-bond acceptors (Lipinski definition) is 7. The minimum Gasteiger partial charge on any atom is -0.446 e. The lowest BCUT2D eigenvalue weighted by Crippen LogP contribution is -2.25. The van der Waals surface area contributed by atoms with Gasteiger partial charge in [0.1, 0.15) is 0 Å². The van der Waals surface area contributed by atoms with Crippen LogP contribution in [0.15, 0.2) is 47.6 Å². The molecule has 3 rings (SSSR count). The topological polar surface area (TPSA) is 128 Å². The summed E-state index contributed by atoms with van der Waals surface area (Å²) in [6, 6.07) is 9.26. The SMILES string of the molecule is CC(=O)N1N=C(c2cccc([N+](=O)[O-])c2)OC1c1cc([N+](=O)[O-])ccc1Cl. The van der Waals surface area contributed by atoms with Gasteiger partial charge in [0.25, 0.3) is 11.4 Å². The van der Waals surface area contributed by atoms with Crippen molar-refractivity contribution in [2.75, 3.05) is 0 Å². The second-order valence-electron chi connectivity index (χ2n) is 5.51. The lowest BCUT2D eigenvalue weighted by molar-refractivity contribution is -0.385. The van der Waals surface area contributed by atoms with Gasteiger partial charge in [-0.05, 0) is 12.1 Å². The zero-order valence-electron chi connectivity index (χ0n) is 13.7. The Labute approximate surface area is 156 Å². The summed E-state index contributed by atoms with van der Waals surface area (Å²) in [6.45, 7) is 1.24. The molecule has 0 aliphatic carbocycles. The molecular formula is C16H11ClN4O6. The van der Waals surface area contributed by atoms with Crippen molar-refractivity contribution in [3.8, 4) is 0 Å². The van der Waals surface area contributed by atoms with Gasteiger partial charge in [-0.1, -0.05) is 17.7 Å². The number of non-ortho nitro benzene ring substituents is 2. The number of carbonyl (C=O) groups is 1. The number of amides is 1. The van der Waals surface area contributed by atoms with Crippen molar-refractivity contribution < 1.29 is 19.4 Å². The molecule has 0 bridgehead atoms. The predicted octanol–water partition coefficient (Wildman–Crippen LogP) is 3.40. The van der Waals surface area contributed by atoms with Crippen LogP contribution in [0.2, 0.25) is 5.02 Å². The van der Waals surface area contributed by atoms with Gasteiger partial charge < -0.3 is 4.74 Å². The van der Waals surface area contributed by atoms with Crippen molar-refractivity contribution in [2.24, 2.45) is 5.10 Å². The molecule has 1 aliphatic heterocycles. The fraction of sp³-hybridized carbons (Fsp3) is 0.125. The number of nitrogens with zero attached hydrogens (tertiary/aromatic N) is 4. The van der Waals surface area contributed by atoms with Crippen LogP contribution in [0.5, 0.6) is 0 Å². The molecule has 0 N–H and O–H groups in total. The van der Waals surface area contributed by atoms with Crippen molar-refractivity contribution in [1.82, 2.24) is 5.01 Å². The largest absolute Gasteiger partial charge is 0.446 e. The van der Waals surface area contributed by atoms with Crippen LogP contribution in [0.4, 0.5) is 11.4 Å². The van der Waals surface area contributed by atoms with E-state index in [4.69, 9.17) is 16.3 Å². The van der Waals surface area contributed by atoms with Crippen LogP contribution in [0.3, 0.4) is 0 Å². The van der Waals surface area contributed by atoms with E-state index in [2.05, 4.69) is 5.10 Å². The summed E-state index contributed by atoms with van der Waals surface area (Å²) in [5.74, 6) is -0.538. The fourth-order valence-corrected chi connectivity index (χ4v) is 2.68. The molecule has 11 heteroatoms. The van der Waals surface area contributed by atoms with Crippen molar-refractivity contribution in [3.05, 3.63) is 78.8 Å². The van der Waals surface area contributed by atoms with Gasteiger partial charge in [-0.3, -0.25) is 25.0 Å². The van der Waals surface area contributed by atoms with E-state index in [1.165, 1.54) is 49.4 Å². The molecule has 2 aromatic rings. The van der Waals surface area contributed by atoms with Crippen LogP contribution < -0.4 is 0 Å². The normalized spacial score (nSPS) is 15.9. The van der Waals surface area contributed by atoms with E-state index >= 15 is 0 Å². The van der Waals surface area contributed by atoms with Crippen LogP contribution in [0.25, 0.3) is 0 Å². The van der Waals surface area contributed by atoms with E-state index in [9.17, 15) is 25.0 Å². The summed E-state index contributed by atoms with van der Waals surface area (Å²) in [5, 5.41) is 27.2. The molecule has 0 saturated heterocycles. The summed E-state index contributed by atoms with van der Waals surface area (Å²) in [4.78, 5) is 32.8. The third-order valence-electron chi connectivity index (χ3n) is 3.73. The lowest BCUT2D eigenvalue weighted by atomic mass is 10.1. The third kappa shape index (κ3) is 3.55. The molecule has 0 spiro atoms. The van der Waals surface area contributed by atoms with Crippen LogP contribution in [-0.4, -0.2) is 26.7 Å². The van der Waals surface area contributed by atoms with Gasteiger partial charge in [0, 0.05) is 47.3 Å². The van der Waals surface area contributed by atoms with Crippen molar-refractivity contribution in [3.63, 3.8) is 0 Å². The molecule has 1 amide bonds. The first-order chi connectivity index (χ1) is 12.8. The lowest BCUT2D eigenvalue weighted by Gasteiger charge is -2.20. The Bertz CT molecular complexity index is 993. The summed E-state index contributed by atoms with van der Waals surface area (Å²) in [6.07, 6.45) is -1.14. The van der Waals surface area contributed by atoms with Crippen LogP contribution in [-0.2, 0) is 9.53 Å². The molecule has 0 aromatic heterocycles. The van der Waals surface area contributed by atoms with Crippen LogP contribution >= 0.6 is 11.6 Å². The molecule has 1 aliphatic rings. The van der Waals surface area contributed by atoms with Crippen molar-refractivity contribution in [1.29, 1.82) is 0 Å². The molecule has 0 saturated carbocycles. The van der Waals surface area contributed by atoms with Gasteiger partial charge in [0.05, 0.1) is 9.85 Å². The minimum absolute atomic E-state index is 0.0403. The highest BCUT2D eigenvalue weighted by Gasteiger charge is 2.35. The molecule has 0 radical (unpaired) electrons. The zero-order valence-corrected chi connectivity index (χ0v) is 14.5. The Morgan fingerprint density at radius 2 is 1.81 bits per heavy atom. The highest BCUT2D eigenvalue weighted by atomic mass is 35.5. The number of halogens is 1. The highest BCUT2D eigenvalue weighted by Crippen LogP contribution is 2.36. The molecular weight excluding hydrogens is 380 g/mol. The molecule has 2 aromatic carbocycles. The predicted molar refractivity (Wildman–Crippen MR) is 94.1 cm³/mol. The average molecular weight is 391 g/mol. The van der Waals surface area contributed by atoms with Gasteiger partial charge in [-0.25, -0.2) is 0 Å². The second-order valence-corrected chi connectivity index (χ2v) is 5.92. The van der Waals surface area contributed by atoms with E-state index in [1.807, 2.05) is 0 Å². The standard InChI is InChI=1S/C16H11ClN4O6/c1-9(22)19-16(13-8-12(21(25)26)5-6-14(13)17)27-15(18-19)10-3-2-4-11(7-10)20(23)24/h2-8,16H,1H3. The van der Waals surface area contributed by atoms with E-state index in [0.717, 1.165) is 5.01 Å². The zero-order chi connectivity index (χ0) is 19.7. The smallest absolute Gasteiger partial charge is 0.270 e. The maximum atomic E-state index is 12.0. The Morgan fingerprint density at radius 1 is 1.15 bits per heavy atom. The van der Waals surface area contributed by atoms with Gasteiger partial charge in [-0.15, -0.1) is 5.10 Å². The minimum atomic E-state index is -1.14. The van der Waals surface area contributed by atoms with E-state index in [0.29, 0.717) is 0 Å². The van der Waals surface area contributed by atoms with Crippen LogP contribution in [0.1, 0.15) is 24.3 Å². The van der Waals surface area contributed by atoms with Gasteiger partial charge >= 0.3 is 0 Å². The van der Waals surface area contributed by atoms with Gasteiger partial charge in [-0.2, -0.15) is 5.01 Å². The Hall–Kier alpha value is -3.53. The number of ether oxygens (including phenoxy) is 1. The molecule has 10 nitrogen and oxygen atoms in total. The maximum absolute atomic E-state index is 12.0.